The number of thioether (sulfide) groups is 1. The Hall–Kier alpha value is -2.61. The van der Waals surface area contributed by atoms with E-state index in [4.69, 9.17) is 9.47 Å². The average Bonchev–Trinajstić information content (AvgIpc) is 3.41. The lowest BCUT2D eigenvalue weighted by Gasteiger charge is -2.29. The maximum Gasteiger partial charge on any atom is 0.334 e. The Morgan fingerprint density at radius 3 is 2.82 bits per heavy atom. The minimum Gasteiger partial charge on any atom is -0.455 e. The van der Waals surface area contributed by atoms with E-state index in [9.17, 15) is 18.0 Å². The normalized spacial score (nSPS) is 13.9. The molecule has 0 fully saturated rings. The van der Waals surface area contributed by atoms with Crippen molar-refractivity contribution in [3.63, 3.8) is 0 Å². The Labute approximate surface area is 195 Å². The number of fused-ring (bicyclic) bond motifs is 2. The molecule has 178 valence electrons. The van der Waals surface area contributed by atoms with Crippen molar-refractivity contribution in [2.75, 3.05) is 30.0 Å². The molecule has 33 heavy (non-hydrogen) atoms. The molecule has 0 bridgehead atoms. The third-order valence-corrected chi connectivity index (χ3v) is 6.66. The number of alkyl halides is 3. The molecule has 0 amide bonds. The lowest BCUT2D eigenvalue weighted by molar-refractivity contribution is -0.138. The van der Waals surface area contributed by atoms with Crippen LogP contribution in [0.4, 0.5) is 19.0 Å². The smallest absolute Gasteiger partial charge is 0.334 e. The summed E-state index contributed by atoms with van der Waals surface area (Å²) < 4.78 is 52.3. The second-order valence-electron chi connectivity index (χ2n) is 7.19. The van der Waals surface area contributed by atoms with Gasteiger partial charge in [0.05, 0.1) is 11.9 Å². The molecule has 9 nitrogen and oxygen atoms in total. The molecule has 14 heteroatoms. The van der Waals surface area contributed by atoms with Gasteiger partial charge in [-0.25, -0.2) is 4.39 Å². The molecule has 0 N–H and O–H groups in total. The Morgan fingerprint density at radius 2 is 2.09 bits per heavy atom. The molecule has 0 saturated carbocycles. The van der Waals surface area contributed by atoms with E-state index in [0.717, 1.165) is 21.5 Å². The summed E-state index contributed by atoms with van der Waals surface area (Å²) in [5.41, 5.74) is 0. The molecule has 4 heterocycles. The fraction of sp³-hybridized carbons (Fsp3) is 0.526. The van der Waals surface area contributed by atoms with Crippen molar-refractivity contribution in [2.45, 2.75) is 39.3 Å². The maximum atomic E-state index is 13.9. The highest BCUT2D eigenvalue weighted by atomic mass is 32.2. The van der Waals surface area contributed by atoms with Crippen molar-refractivity contribution in [1.29, 1.82) is 0 Å². The van der Waals surface area contributed by atoms with E-state index in [2.05, 4.69) is 20.2 Å². The van der Waals surface area contributed by atoms with Crippen molar-refractivity contribution in [1.82, 2.24) is 24.7 Å². The summed E-state index contributed by atoms with van der Waals surface area (Å²) in [4.78, 5) is 23.7. The van der Waals surface area contributed by atoms with Crippen LogP contribution in [0.5, 0.6) is 6.01 Å². The molecule has 3 aromatic heterocycles. The average molecular weight is 503 g/mol. The number of halogens is 3. The molecule has 4 rings (SSSR count). The molecule has 0 aliphatic carbocycles. The summed E-state index contributed by atoms with van der Waals surface area (Å²) in [6.45, 7) is 2.23. The lowest BCUT2D eigenvalue weighted by atomic mass is 10.2. The lowest BCUT2D eigenvalue weighted by Crippen LogP contribution is -2.36. The highest BCUT2D eigenvalue weighted by molar-refractivity contribution is 7.99. The summed E-state index contributed by atoms with van der Waals surface area (Å²) in [6.07, 6.45) is 0.824. The van der Waals surface area contributed by atoms with Crippen LogP contribution in [0.15, 0.2) is 6.07 Å². The molecular formula is C19H21F3N6O3S2. The molecule has 0 aromatic carbocycles. The van der Waals surface area contributed by atoms with Crippen LogP contribution in [0.2, 0.25) is 0 Å². The number of esters is 1. The van der Waals surface area contributed by atoms with Crippen LogP contribution in [0, 0.1) is 0 Å². The number of hydrogen-bond acceptors (Lipinski definition) is 10. The summed E-state index contributed by atoms with van der Waals surface area (Å²) in [7, 11) is 0. The fourth-order valence-corrected chi connectivity index (χ4v) is 4.80. The molecule has 0 radical (unpaired) electrons. The van der Waals surface area contributed by atoms with Crippen LogP contribution >= 0.6 is 23.1 Å². The van der Waals surface area contributed by atoms with Crippen LogP contribution < -0.4 is 9.64 Å². The number of hydrogen-bond donors (Lipinski definition) is 0. The minimum absolute atomic E-state index is 0.150. The highest BCUT2D eigenvalue weighted by Crippen LogP contribution is 2.35. The predicted molar refractivity (Wildman–Crippen MR) is 117 cm³/mol. The number of rotatable bonds is 9. The first-order valence-electron chi connectivity index (χ1n) is 10.1. The van der Waals surface area contributed by atoms with E-state index < -0.39 is 18.4 Å². The van der Waals surface area contributed by atoms with E-state index in [1.54, 1.807) is 0 Å². The Bertz CT molecular complexity index is 1160. The Kier molecular flexibility index (Phi) is 6.93. The van der Waals surface area contributed by atoms with Gasteiger partial charge in [-0.1, -0.05) is 18.7 Å². The quantitative estimate of drug-likeness (QED) is 0.247. The standard InChI is InChI=1S/C19H21F3N6O3S2/c1-3-12-6-13-15(23-18(24-16(13)33-12)31-10-32-9-30-11(2)29)27-4-5-28-14(7-27)25-26-17(28)19(21,22)8-20/h6H,3-5,7-10H2,1-2H3. The molecule has 1 aliphatic heterocycles. The van der Waals surface area contributed by atoms with E-state index in [1.165, 1.54) is 34.6 Å². The zero-order valence-corrected chi connectivity index (χ0v) is 19.5. The Balaban J connectivity index is 1.59. The van der Waals surface area contributed by atoms with E-state index in [-0.39, 0.29) is 36.9 Å². The van der Waals surface area contributed by atoms with Crippen LogP contribution in [0.3, 0.4) is 0 Å². The Morgan fingerprint density at radius 1 is 1.27 bits per heavy atom. The van der Waals surface area contributed by atoms with Gasteiger partial charge in [0.25, 0.3) is 0 Å². The molecule has 0 atom stereocenters. The topological polar surface area (TPSA) is 95.3 Å². The number of aromatic nitrogens is 5. The van der Waals surface area contributed by atoms with Gasteiger partial charge in [0.2, 0.25) is 5.82 Å². The first kappa shape index (κ1) is 23.5. The highest BCUT2D eigenvalue weighted by Gasteiger charge is 2.40. The largest absolute Gasteiger partial charge is 0.455 e. The second kappa shape index (κ2) is 9.71. The molecule has 0 unspecified atom stereocenters. The van der Waals surface area contributed by atoms with Gasteiger partial charge in [-0.05, 0) is 12.5 Å². The van der Waals surface area contributed by atoms with Crippen molar-refractivity contribution < 1.29 is 27.4 Å². The first-order valence-corrected chi connectivity index (χ1v) is 12.0. The van der Waals surface area contributed by atoms with Gasteiger partial charge in [-0.2, -0.15) is 18.7 Å². The molecule has 1 aliphatic rings. The van der Waals surface area contributed by atoms with Crippen LogP contribution in [-0.4, -0.2) is 55.8 Å². The summed E-state index contributed by atoms with van der Waals surface area (Å²) >= 11 is 2.78. The van der Waals surface area contributed by atoms with Gasteiger partial charge >= 0.3 is 17.9 Å². The predicted octanol–water partition coefficient (Wildman–Crippen LogP) is 3.52. The van der Waals surface area contributed by atoms with Gasteiger partial charge in [-0.15, -0.1) is 21.5 Å². The number of nitrogens with zero attached hydrogens (tertiary/aromatic N) is 6. The third kappa shape index (κ3) is 5.00. The van der Waals surface area contributed by atoms with E-state index in [0.29, 0.717) is 18.2 Å². The summed E-state index contributed by atoms with van der Waals surface area (Å²) in [5.74, 6) is -3.48. The number of ether oxygens (including phenoxy) is 2. The van der Waals surface area contributed by atoms with Crippen LogP contribution in [0.25, 0.3) is 10.2 Å². The summed E-state index contributed by atoms with van der Waals surface area (Å²) in [5, 5.41) is 8.23. The van der Waals surface area contributed by atoms with Crippen LogP contribution in [-0.2, 0) is 35.0 Å². The van der Waals surface area contributed by atoms with Crippen molar-refractivity contribution in [3.8, 4) is 6.01 Å². The second-order valence-corrected chi connectivity index (χ2v) is 9.18. The van der Waals surface area contributed by atoms with Crippen molar-refractivity contribution in [2.24, 2.45) is 0 Å². The van der Waals surface area contributed by atoms with E-state index in [1.807, 2.05) is 17.9 Å². The van der Waals surface area contributed by atoms with E-state index >= 15 is 0 Å². The first-order chi connectivity index (χ1) is 15.8. The number of carbonyl (C=O) groups is 1. The monoisotopic (exact) mass is 502 g/mol. The van der Waals surface area contributed by atoms with Crippen molar-refractivity contribution >= 4 is 45.1 Å². The third-order valence-electron chi connectivity index (χ3n) is 4.92. The van der Waals surface area contributed by atoms with Gasteiger partial charge < -0.3 is 18.9 Å². The molecular weight excluding hydrogens is 481 g/mol. The SMILES string of the molecule is CCc1cc2c(N3CCn4c(nnc4C(F)(F)CF)C3)nc(OCSCOC(C)=O)nc2s1. The number of thiophene rings is 1. The van der Waals surface area contributed by atoms with Gasteiger partial charge in [-0.3, -0.25) is 4.79 Å². The number of anilines is 1. The molecule has 3 aromatic rings. The zero-order chi connectivity index (χ0) is 23.6. The molecule has 0 spiro atoms. The van der Waals surface area contributed by atoms with Crippen molar-refractivity contribution in [3.05, 3.63) is 22.6 Å². The minimum atomic E-state index is -3.68. The van der Waals surface area contributed by atoms with Gasteiger partial charge in [0.15, 0.2) is 12.5 Å². The number of carbonyl (C=O) groups excluding carboxylic acids is 1. The fourth-order valence-electron chi connectivity index (χ4n) is 3.34. The zero-order valence-electron chi connectivity index (χ0n) is 17.9. The maximum absolute atomic E-state index is 13.9. The van der Waals surface area contributed by atoms with Gasteiger partial charge in [0, 0.05) is 24.9 Å². The van der Waals surface area contributed by atoms with Crippen LogP contribution in [0.1, 0.15) is 30.4 Å². The summed E-state index contributed by atoms with van der Waals surface area (Å²) in [6, 6.07) is 2.17. The molecule has 0 saturated heterocycles. The van der Waals surface area contributed by atoms with Gasteiger partial charge in [0.1, 0.15) is 22.5 Å². The number of aryl methyl sites for hydroxylation is 1.